The van der Waals surface area contributed by atoms with Crippen LogP contribution in [-0.4, -0.2) is 23.9 Å². The summed E-state index contributed by atoms with van der Waals surface area (Å²) in [5.74, 6) is 5.88. The van der Waals surface area contributed by atoms with Crippen molar-refractivity contribution in [1.29, 1.82) is 0 Å². The van der Waals surface area contributed by atoms with Gasteiger partial charge in [0.15, 0.2) is 0 Å². The number of carbonyl (C=O) groups is 1. The highest BCUT2D eigenvalue weighted by molar-refractivity contribution is 5.77. The molecule has 4 nitrogen and oxygen atoms in total. The second-order valence-electron chi connectivity index (χ2n) is 6.07. The van der Waals surface area contributed by atoms with Crippen LogP contribution >= 0.6 is 0 Å². The smallest absolute Gasteiger partial charge is 0.238 e. The Morgan fingerprint density at radius 3 is 2.43 bits per heavy atom. The van der Waals surface area contributed by atoms with Gasteiger partial charge in [-0.1, -0.05) is 44.0 Å². The molecular formula is C17H27N3O. The number of amides is 1. The van der Waals surface area contributed by atoms with Gasteiger partial charge in [0.25, 0.3) is 0 Å². The molecule has 0 aliphatic carbocycles. The lowest BCUT2D eigenvalue weighted by Crippen LogP contribution is -2.33. The molecule has 1 amide bonds. The summed E-state index contributed by atoms with van der Waals surface area (Å²) >= 11 is 0. The van der Waals surface area contributed by atoms with E-state index in [2.05, 4.69) is 29.4 Å². The summed E-state index contributed by atoms with van der Waals surface area (Å²) in [4.78, 5) is 13.8. The van der Waals surface area contributed by atoms with Crippen LogP contribution < -0.4 is 11.3 Å². The Morgan fingerprint density at radius 1 is 1.24 bits per heavy atom. The van der Waals surface area contributed by atoms with Crippen LogP contribution in [-0.2, 0) is 17.8 Å². The third-order valence-electron chi connectivity index (χ3n) is 4.36. The van der Waals surface area contributed by atoms with E-state index < -0.39 is 0 Å². The Balaban J connectivity index is 1.80. The number of carbonyl (C=O) groups excluding carboxylic acids is 1. The van der Waals surface area contributed by atoms with E-state index in [0.717, 1.165) is 18.0 Å². The second kappa shape index (κ2) is 8.15. The molecule has 21 heavy (non-hydrogen) atoms. The summed E-state index contributed by atoms with van der Waals surface area (Å²) in [5.41, 5.74) is 4.48. The van der Waals surface area contributed by atoms with Gasteiger partial charge >= 0.3 is 0 Å². The largest absolute Gasteiger partial charge is 0.299 e. The monoisotopic (exact) mass is 289 g/mol. The average molecular weight is 289 g/mol. The standard InChI is InChI=1S/C17H27N3O/c1-2-3-14-8-10-20(11-9-14)13-16-6-4-15(5-7-16)12-17(21)19-18/h4-7,14H,2-3,8-13,18H2,1H3,(H,19,21). The van der Waals surface area contributed by atoms with Crippen LogP contribution in [0.25, 0.3) is 0 Å². The van der Waals surface area contributed by atoms with Crippen molar-refractivity contribution in [3.05, 3.63) is 35.4 Å². The maximum atomic E-state index is 11.2. The van der Waals surface area contributed by atoms with Crippen LogP contribution in [0, 0.1) is 5.92 Å². The Labute approximate surface area is 127 Å². The molecule has 1 aliphatic heterocycles. The van der Waals surface area contributed by atoms with E-state index in [-0.39, 0.29) is 5.91 Å². The lowest BCUT2D eigenvalue weighted by molar-refractivity contribution is -0.120. The molecule has 0 radical (unpaired) electrons. The second-order valence-corrected chi connectivity index (χ2v) is 6.07. The molecule has 1 aliphatic rings. The van der Waals surface area contributed by atoms with E-state index in [1.807, 2.05) is 12.1 Å². The summed E-state index contributed by atoms with van der Waals surface area (Å²) in [5, 5.41) is 0. The fourth-order valence-corrected chi connectivity index (χ4v) is 3.10. The molecule has 3 N–H and O–H groups in total. The molecule has 0 saturated carbocycles. The molecule has 116 valence electrons. The summed E-state index contributed by atoms with van der Waals surface area (Å²) < 4.78 is 0. The van der Waals surface area contributed by atoms with Crippen molar-refractivity contribution in [3.63, 3.8) is 0 Å². The summed E-state index contributed by atoms with van der Waals surface area (Å²) in [7, 11) is 0. The number of hydrogen-bond donors (Lipinski definition) is 2. The topological polar surface area (TPSA) is 58.4 Å². The van der Waals surface area contributed by atoms with E-state index >= 15 is 0 Å². The predicted octanol–water partition coefficient (Wildman–Crippen LogP) is 2.23. The van der Waals surface area contributed by atoms with Gasteiger partial charge in [0, 0.05) is 6.54 Å². The number of piperidine rings is 1. The molecule has 0 aromatic heterocycles. The van der Waals surface area contributed by atoms with Crippen LogP contribution in [0.1, 0.15) is 43.7 Å². The molecular weight excluding hydrogens is 262 g/mol. The van der Waals surface area contributed by atoms with Crippen molar-refractivity contribution in [2.75, 3.05) is 13.1 Å². The average Bonchev–Trinajstić information content (AvgIpc) is 2.51. The molecule has 0 bridgehead atoms. The zero-order valence-electron chi connectivity index (χ0n) is 13.0. The summed E-state index contributed by atoms with van der Waals surface area (Å²) in [6.45, 7) is 5.71. The first kappa shape index (κ1) is 16.0. The Morgan fingerprint density at radius 2 is 1.86 bits per heavy atom. The van der Waals surface area contributed by atoms with Crippen LogP contribution in [0.3, 0.4) is 0 Å². The van der Waals surface area contributed by atoms with Crippen LogP contribution in [0.5, 0.6) is 0 Å². The molecule has 1 aromatic carbocycles. The number of rotatable bonds is 6. The first-order valence-electron chi connectivity index (χ1n) is 8.01. The number of likely N-dealkylation sites (tertiary alicyclic amines) is 1. The van der Waals surface area contributed by atoms with Gasteiger partial charge in [-0.05, 0) is 43.0 Å². The minimum absolute atomic E-state index is 0.152. The molecule has 1 aromatic rings. The van der Waals surface area contributed by atoms with E-state index in [9.17, 15) is 4.79 Å². The van der Waals surface area contributed by atoms with Gasteiger partial charge in [-0.15, -0.1) is 0 Å². The number of nitrogens with zero attached hydrogens (tertiary/aromatic N) is 1. The fraction of sp³-hybridized carbons (Fsp3) is 0.588. The molecule has 1 saturated heterocycles. The Bertz CT molecular complexity index is 436. The zero-order chi connectivity index (χ0) is 15.1. The van der Waals surface area contributed by atoms with Crippen LogP contribution in [0.15, 0.2) is 24.3 Å². The van der Waals surface area contributed by atoms with Gasteiger partial charge in [0.05, 0.1) is 6.42 Å². The van der Waals surface area contributed by atoms with E-state index in [0.29, 0.717) is 6.42 Å². The van der Waals surface area contributed by atoms with Crippen molar-refractivity contribution in [3.8, 4) is 0 Å². The number of nitrogens with two attached hydrogens (primary N) is 1. The van der Waals surface area contributed by atoms with Gasteiger partial charge < -0.3 is 0 Å². The highest BCUT2D eigenvalue weighted by Gasteiger charge is 2.18. The zero-order valence-corrected chi connectivity index (χ0v) is 13.0. The van der Waals surface area contributed by atoms with Gasteiger partial charge in [-0.2, -0.15) is 0 Å². The predicted molar refractivity (Wildman–Crippen MR) is 85.4 cm³/mol. The van der Waals surface area contributed by atoms with Crippen molar-refractivity contribution >= 4 is 5.91 Å². The highest BCUT2D eigenvalue weighted by Crippen LogP contribution is 2.22. The third-order valence-corrected chi connectivity index (χ3v) is 4.36. The summed E-state index contributed by atoms with van der Waals surface area (Å²) in [6, 6.07) is 8.29. The van der Waals surface area contributed by atoms with E-state index in [4.69, 9.17) is 5.84 Å². The molecule has 1 heterocycles. The molecule has 4 heteroatoms. The maximum absolute atomic E-state index is 11.2. The fourth-order valence-electron chi connectivity index (χ4n) is 3.10. The molecule has 2 rings (SSSR count). The van der Waals surface area contributed by atoms with Crippen molar-refractivity contribution in [2.24, 2.45) is 11.8 Å². The van der Waals surface area contributed by atoms with Gasteiger partial charge in [0.1, 0.15) is 0 Å². The SMILES string of the molecule is CCCC1CCN(Cc2ccc(CC(=O)NN)cc2)CC1. The normalized spacial score (nSPS) is 16.9. The van der Waals surface area contributed by atoms with Gasteiger partial charge in [0.2, 0.25) is 5.91 Å². The lowest BCUT2D eigenvalue weighted by atomic mass is 9.92. The maximum Gasteiger partial charge on any atom is 0.238 e. The molecule has 0 atom stereocenters. The molecule has 1 fully saturated rings. The minimum Gasteiger partial charge on any atom is -0.299 e. The molecule has 0 unspecified atom stereocenters. The van der Waals surface area contributed by atoms with Crippen LogP contribution in [0.2, 0.25) is 0 Å². The quantitative estimate of drug-likeness (QED) is 0.480. The number of nitrogens with one attached hydrogen (secondary N) is 1. The van der Waals surface area contributed by atoms with E-state index in [1.54, 1.807) is 0 Å². The first-order valence-corrected chi connectivity index (χ1v) is 8.01. The Kier molecular flexibility index (Phi) is 6.21. The van der Waals surface area contributed by atoms with Gasteiger partial charge in [-0.25, -0.2) is 5.84 Å². The van der Waals surface area contributed by atoms with Crippen molar-refractivity contribution < 1.29 is 4.79 Å². The van der Waals surface area contributed by atoms with Crippen LogP contribution in [0.4, 0.5) is 0 Å². The number of hydrazine groups is 1. The minimum atomic E-state index is -0.152. The van der Waals surface area contributed by atoms with Crippen molar-refractivity contribution in [2.45, 2.75) is 45.6 Å². The highest BCUT2D eigenvalue weighted by atomic mass is 16.2. The third kappa shape index (κ3) is 5.14. The first-order chi connectivity index (χ1) is 10.2. The van der Waals surface area contributed by atoms with E-state index in [1.165, 1.54) is 44.3 Å². The number of benzene rings is 1. The Hall–Kier alpha value is -1.39. The van der Waals surface area contributed by atoms with Gasteiger partial charge in [-0.3, -0.25) is 15.1 Å². The number of hydrogen-bond acceptors (Lipinski definition) is 3. The summed E-state index contributed by atoms with van der Waals surface area (Å²) in [6.07, 6.45) is 5.71. The molecule has 0 spiro atoms. The van der Waals surface area contributed by atoms with Crippen molar-refractivity contribution in [1.82, 2.24) is 10.3 Å². The lowest BCUT2D eigenvalue weighted by Gasteiger charge is -2.31.